The van der Waals surface area contributed by atoms with Crippen molar-refractivity contribution in [3.63, 3.8) is 0 Å². The summed E-state index contributed by atoms with van der Waals surface area (Å²) in [5.74, 6) is -1.29. The standard InChI is InChI=1S/C34H37FN6O3/c1-39-14-16-41(17-15-39)21-30(42)40(2)27-11-9-26(10-12-27)37-32(31-28-13-8-25(35)19-29(28)38-34(31)44)24-5-3-4-22(18-24)20-36-33(43)23-6-7-23/h3-5,8-13,18-19,23,31H,6-7,14-17,20-21H2,1-2H3,(H,36,43)(H,38,44). The minimum atomic E-state index is -0.755. The number of likely N-dealkylation sites (N-methyl/N-ethyl adjacent to an activating group) is 2. The fourth-order valence-corrected chi connectivity index (χ4v) is 5.66. The van der Waals surface area contributed by atoms with E-state index < -0.39 is 11.7 Å². The number of hydrogen-bond acceptors (Lipinski definition) is 6. The van der Waals surface area contributed by atoms with Gasteiger partial charge in [0.25, 0.3) is 0 Å². The Morgan fingerprint density at radius 2 is 1.77 bits per heavy atom. The van der Waals surface area contributed by atoms with E-state index in [4.69, 9.17) is 4.99 Å². The van der Waals surface area contributed by atoms with Crippen molar-refractivity contribution in [3.05, 3.63) is 89.2 Å². The normalized spacial score (nSPS) is 18.9. The van der Waals surface area contributed by atoms with Crippen molar-refractivity contribution in [2.75, 3.05) is 57.0 Å². The van der Waals surface area contributed by atoms with Gasteiger partial charge in [0.15, 0.2) is 0 Å². The maximum Gasteiger partial charge on any atom is 0.240 e. The van der Waals surface area contributed by atoms with E-state index in [-0.39, 0.29) is 23.6 Å². The lowest BCUT2D eigenvalue weighted by Gasteiger charge is -2.32. The van der Waals surface area contributed by atoms with Crippen LogP contribution in [0.25, 0.3) is 0 Å². The van der Waals surface area contributed by atoms with Crippen LogP contribution < -0.4 is 15.5 Å². The maximum atomic E-state index is 14.0. The predicted octanol–water partition coefficient (Wildman–Crippen LogP) is 3.92. The van der Waals surface area contributed by atoms with E-state index >= 15 is 0 Å². The van der Waals surface area contributed by atoms with E-state index in [9.17, 15) is 18.8 Å². The second kappa shape index (κ2) is 12.7. The molecule has 44 heavy (non-hydrogen) atoms. The van der Waals surface area contributed by atoms with Crippen LogP contribution in [0.3, 0.4) is 0 Å². The van der Waals surface area contributed by atoms with Gasteiger partial charge in [0.1, 0.15) is 11.7 Å². The Kier molecular flexibility index (Phi) is 8.54. The van der Waals surface area contributed by atoms with Crippen LogP contribution in [0.2, 0.25) is 0 Å². The van der Waals surface area contributed by atoms with Crippen molar-refractivity contribution in [2.24, 2.45) is 10.9 Å². The zero-order chi connectivity index (χ0) is 30.8. The summed E-state index contributed by atoms with van der Waals surface area (Å²) < 4.78 is 14.0. The molecular formula is C34H37FN6O3. The van der Waals surface area contributed by atoms with Crippen LogP contribution in [0.15, 0.2) is 71.7 Å². The molecule has 1 atom stereocenters. The van der Waals surface area contributed by atoms with Gasteiger partial charge in [-0.05, 0) is 79.0 Å². The van der Waals surface area contributed by atoms with Gasteiger partial charge in [0.05, 0.1) is 17.9 Å². The molecule has 9 nitrogen and oxygen atoms in total. The highest BCUT2D eigenvalue weighted by atomic mass is 19.1. The minimum Gasteiger partial charge on any atom is -0.352 e. The number of carbonyl (C=O) groups excluding carboxylic acids is 3. The molecule has 1 unspecified atom stereocenters. The van der Waals surface area contributed by atoms with Crippen LogP contribution in [0.1, 0.15) is 35.4 Å². The SMILES string of the molecule is CN1CCN(CC(=O)N(C)c2ccc(N=C(c3cccc(CNC(=O)C4CC4)c3)C3C(=O)Nc4cc(F)ccc43)cc2)CC1. The number of anilines is 2. The molecule has 0 aromatic heterocycles. The first-order valence-corrected chi connectivity index (χ1v) is 15.1. The summed E-state index contributed by atoms with van der Waals surface area (Å²) >= 11 is 0. The monoisotopic (exact) mass is 596 g/mol. The highest BCUT2D eigenvalue weighted by molar-refractivity contribution is 6.24. The number of rotatable bonds is 9. The Bertz CT molecular complexity index is 1590. The first-order valence-electron chi connectivity index (χ1n) is 15.1. The van der Waals surface area contributed by atoms with Crippen molar-refractivity contribution in [1.29, 1.82) is 0 Å². The van der Waals surface area contributed by atoms with Crippen molar-refractivity contribution >= 4 is 40.5 Å². The van der Waals surface area contributed by atoms with Crippen molar-refractivity contribution in [1.82, 2.24) is 15.1 Å². The average Bonchev–Trinajstić information content (AvgIpc) is 3.83. The molecule has 2 N–H and O–H groups in total. The first-order chi connectivity index (χ1) is 21.2. The van der Waals surface area contributed by atoms with Gasteiger partial charge in [-0.15, -0.1) is 0 Å². The summed E-state index contributed by atoms with van der Waals surface area (Å²) in [7, 11) is 3.86. The Labute approximate surface area is 256 Å². The highest BCUT2D eigenvalue weighted by Gasteiger charge is 2.36. The molecule has 3 aromatic carbocycles. The number of carbonyl (C=O) groups is 3. The summed E-state index contributed by atoms with van der Waals surface area (Å²) in [4.78, 5) is 49.6. The third kappa shape index (κ3) is 6.71. The Morgan fingerprint density at radius 1 is 1.02 bits per heavy atom. The van der Waals surface area contributed by atoms with Gasteiger partial charge in [-0.2, -0.15) is 0 Å². The Morgan fingerprint density at radius 3 is 2.50 bits per heavy atom. The van der Waals surface area contributed by atoms with Gasteiger partial charge in [-0.1, -0.05) is 24.3 Å². The fourth-order valence-electron chi connectivity index (χ4n) is 5.66. The van der Waals surface area contributed by atoms with E-state index in [2.05, 4.69) is 27.5 Å². The molecule has 228 valence electrons. The lowest BCUT2D eigenvalue weighted by Crippen LogP contribution is -2.48. The smallest absolute Gasteiger partial charge is 0.240 e. The van der Waals surface area contributed by atoms with Gasteiger partial charge in [0.2, 0.25) is 17.7 Å². The molecule has 0 bridgehead atoms. The lowest BCUT2D eigenvalue weighted by molar-refractivity contribution is -0.122. The van der Waals surface area contributed by atoms with E-state index in [0.717, 1.165) is 55.8 Å². The number of amides is 3. The quantitative estimate of drug-likeness (QED) is 0.365. The third-order valence-electron chi connectivity index (χ3n) is 8.57. The number of hydrogen-bond donors (Lipinski definition) is 2. The van der Waals surface area contributed by atoms with Crippen molar-refractivity contribution in [3.8, 4) is 0 Å². The van der Waals surface area contributed by atoms with Gasteiger partial charge in [-0.3, -0.25) is 24.3 Å². The summed E-state index contributed by atoms with van der Waals surface area (Å²) in [6.07, 6.45) is 1.86. The van der Waals surface area contributed by atoms with Gasteiger partial charge < -0.3 is 20.4 Å². The van der Waals surface area contributed by atoms with Crippen molar-refractivity contribution in [2.45, 2.75) is 25.3 Å². The number of nitrogens with zero attached hydrogens (tertiary/aromatic N) is 4. The molecular weight excluding hydrogens is 559 g/mol. The molecule has 1 saturated carbocycles. The molecule has 0 spiro atoms. The second-order valence-electron chi connectivity index (χ2n) is 11.9. The fraction of sp³-hybridized carbons (Fsp3) is 0.353. The van der Waals surface area contributed by atoms with Crippen LogP contribution >= 0.6 is 0 Å². The topological polar surface area (TPSA) is 97.3 Å². The molecule has 2 heterocycles. The number of benzene rings is 3. The van der Waals surface area contributed by atoms with E-state index in [0.29, 0.717) is 35.7 Å². The number of halogens is 1. The van der Waals surface area contributed by atoms with Gasteiger partial charge >= 0.3 is 0 Å². The molecule has 6 rings (SSSR count). The molecule has 2 fully saturated rings. The van der Waals surface area contributed by atoms with Gasteiger partial charge in [-0.25, -0.2) is 4.39 Å². The maximum absolute atomic E-state index is 14.0. The molecule has 1 saturated heterocycles. The molecule has 0 radical (unpaired) electrons. The molecule has 3 aliphatic rings. The van der Waals surface area contributed by atoms with Crippen molar-refractivity contribution < 1.29 is 18.8 Å². The molecule has 3 aromatic rings. The average molecular weight is 597 g/mol. The van der Waals surface area contributed by atoms with E-state index in [1.165, 1.54) is 12.1 Å². The van der Waals surface area contributed by atoms with Crippen LogP contribution in [0.4, 0.5) is 21.5 Å². The number of fused-ring (bicyclic) bond motifs is 1. The summed E-state index contributed by atoms with van der Waals surface area (Å²) in [5.41, 5.74) is 4.55. The summed E-state index contributed by atoms with van der Waals surface area (Å²) in [6, 6.07) is 19.3. The lowest BCUT2D eigenvalue weighted by atomic mass is 9.90. The zero-order valence-corrected chi connectivity index (χ0v) is 25.1. The molecule has 10 heteroatoms. The largest absolute Gasteiger partial charge is 0.352 e. The molecule has 2 aliphatic heterocycles. The zero-order valence-electron chi connectivity index (χ0n) is 25.1. The Hall–Kier alpha value is -4.41. The van der Waals surface area contributed by atoms with Crippen LogP contribution in [-0.4, -0.2) is 80.1 Å². The van der Waals surface area contributed by atoms with E-state index in [1.54, 1.807) is 18.0 Å². The molecule has 1 aliphatic carbocycles. The Balaban J connectivity index is 1.27. The van der Waals surface area contributed by atoms with Crippen LogP contribution in [-0.2, 0) is 20.9 Å². The summed E-state index contributed by atoms with van der Waals surface area (Å²) in [5, 5.41) is 5.80. The number of aliphatic imine (C=N–C) groups is 1. The van der Waals surface area contributed by atoms with Gasteiger partial charge in [0, 0.05) is 57.1 Å². The minimum absolute atomic E-state index is 0.0172. The number of piperazine rings is 1. The highest BCUT2D eigenvalue weighted by Crippen LogP contribution is 2.37. The first kappa shape index (κ1) is 29.7. The molecule has 3 amide bonds. The predicted molar refractivity (Wildman–Crippen MR) is 169 cm³/mol. The third-order valence-corrected chi connectivity index (χ3v) is 8.57. The second-order valence-corrected chi connectivity index (χ2v) is 11.9. The van der Waals surface area contributed by atoms with E-state index in [1.807, 2.05) is 48.5 Å². The number of nitrogens with one attached hydrogen (secondary N) is 2. The van der Waals surface area contributed by atoms with Crippen LogP contribution in [0, 0.1) is 11.7 Å². The summed E-state index contributed by atoms with van der Waals surface area (Å²) in [6.45, 7) is 4.36. The van der Waals surface area contributed by atoms with Crippen LogP contribution in [0.5, 0.6) is 0 Å².